The molecule has 0 aliphatic heterocycles. The number of nitrogen functional groups attached to an aromatic ring is 2. The molecule has 0 aliphatic carbocycles. The molecule has 12 heavy (non-hydrogen) atoms. The number of aromatic nitrogens is 3. The van der Waals surface area contributed by atoms with Crippen LogP contribution in [0, 0.1) is 0 Å². The summed E-state index contributed by atoms with van der Waals surface area (Å²) in [7, 11) is 3.12. The molecule has 0 aromatic carbocycles. The van der Waals surface area contributed by atoms with Gasteiger partial charge < -0.3 is 11.5 Å². The van der Waals surface area contributed by atoms with Gasteiger partial charge in [-0.2, -0.15) is 15.0 Å². The zero-order valence-electron chi connectivity index (χ0n) is 6.85. The van der Waals surface area contributed by atoms with Gasteiger partial charge in [-0.1, -0.05) is 0 Å². The standard InChI is InChI=1S/C5H10N6O/c1-11(12-2)5-9-3(6)8-4(7)10-5/h1-2H3,(H4,6,7,8,9,10). The lowest BCUT2D eigenvalue weighted by Crippen LogP contribution is -2.19. The van der Waals surface area contributed by atoms with Gasteiger partial charge in [0.1, 0.15) is 0 Å². The molecule has 0 atom stereocenters. The van der Waals surface area contributed by atoms with Crippen LogP contribution in [0.2, 0.25) is 0 Å². The van der Waals surface area contributed by atoms with Crippen molar-refractivity contribution in [2.75, 3.05) is 30.7 Å². The van der Waals surface area contributed by atoms with E-state index in [9.17, 15) is 0 Å². The van der Waals surface area contributed by atoms with E-state index in [1.165, 1.54) is 12.2 Å². The minimum atomic E-state index is 0.0707. The average Bonchev–Trinajstić information content (AvgIpc) is 2.01. The van der Waals surface area contributed by atoms with Crippen molar-refractivity contribution in [1.29, 1.82) is 0 Å². The van der Waals surface area contributed by atoms with Crippen molar-refractivity contribution >= 4 is 17.8 Å². The van der Waals surface area contributed by atoms with Crippen LogP contribution in [0.15, 0.2) is 0 Å². The van der Waals surface area contributed by atoms with Crippen molar-refractivity contribution in [3.63, 3.8) is 0 Å². The Morgan fingerprint density at radius 1 is 1.17 bits per heavy atom. The highest BCUT2D eigenvalue weighted by Gasteiger charge is 2.05. The molecule has 66 valence electrons. The van der Waals surface area contributed by atoms with E-state index in [-0.39, 0.29) is 17.8 Å². The average molecular weight is 170 g/mol. The Hall–Kier alpha value is -1.63. The molecule has 1 aromatic heterocycles. The monoisotopic (exact) mass is 170 g/mol. The van der Waals surface area contributed by atoms with E-state index in [4.69, 9.17) is 16.3 Å². The van der Waals surface area contributed by atoms with E-state index >= 15 is 0 Å². The predicted molar refractivity (Wildman–Crippen MR) is 44.1 cm³/mol. The second kappa shape index (κ2) is 3.18. The van der Waals surface area contributed by atoms with Gasteiger partial charge in [-0.25, -0.2) is 5.06 Å². The number of anilines is 3. The van der Waals surface area contributed by atoms with Crippen molar-refractivity contribution in [2.24, 2.45) is 0 Å². The molecule has 0 saturated carbocycles. The number of nitrogens with zero attached hydrogens (tertiary/aromatic N) is 4. The Morgan fingerprint density at radius 3 is 2.08 bits per heavy atom. The van der Waals surface area contributed by atoms with Gasteiger partial charge in [-0.3, -0.25) is 4.84 Å². The maximum atomic E-state index is 5.33. The molecule has 0 unspecified atom stereocenters. The van der Waals surface area contributed by atoms with Crippen LogP contribution in [0.25, 0.3) is 0 Å². The molecule has 1 heterocycles. The lowest BCUT2D eigenvalue weighted by Gasteiger charge is -2.12. The molecule has 0 saturated heterocycles. The number of hydrogen-bond donors (Lipinski definition) is 2. The van der Waals surface area contributed by atoms with Crippen LogP contribution in [0.1, 0.15) is 0 Å². The fraction of sp³-hybridized carbons (Fsp3) is 0.400. The lowest BCUT2D eigenvalue weighted by atomic mass is 10.8. The molecule has 0 radical (unpaired) electrons. The summed E-state index contributed by atoms with van der Waals surface area (Å²) in [5.41, 5.74) is 10.7. The van der Waals surface area contributed by atoms with Crippen molar-refractivity contribution in [3.05, 3.63) is 0 Å². The maximum absolute atomic E-state index is 5.33. The third-order valence-corrected chi connectivity index (χ3v) is 1.21. The zero-order chi connectivity index (χ0) is 9.14. The van der Waals surface area contributed by atoms with Crippen molar-refractivity contribution < 1.29 is 4.84 Å². The van der Waals surface area contributed by atoms with E-state index in [0.29, 0.717) is 0 Å². The largest absolute Gasteiger partial charge is 0.368 e. The summed E-state index contributed by atoms with van der Waals surface area (Å²) in [6.45, 7) is 0. The van der Waals surface area contributed by atoms with Crippen molar-refractivity contribution in [1.82, 2.24) is 15.0 Å². The number of nitrogens with two attached hydrogens (primary N) is 2. The quantitative estimate of drug-likeness (QED) is 0.550. The first-order valence-electron chi connectivity index (χ1n) is 3.18. The Balaban J connectivity index is 3.00. The number of rotatable bonds is 2. The zero-order valence-corrected chi connectivity index (χ0v) is 6.85. The van der Waals surface area contributed by atoms with Crippen LogP contribution in [-0.2, 0) is 4.84 Å². The normalized spacial score (nSPS) is 9.83. The van der Waals surface area contributed by atoms with Gasteiger partial charge in [0.15, 0.2) is 0 Å². The molecule has 0 amide bonds. The van der Waals surface area contributed by atoms with E-state index in [1.54, 1.807) is 7.05 Å². The lowest BCUT2D eigenvalue weighted by molar-refractivity contribution is 0.180. The summed E-state index contributed by atoms with van der Waals surface area (Å²) >= 11 is 0. The first-order valence-corrected chi connectivity index (χ1v) is 3.18. The fourth-order valence-corrected chi connectivity index (χ4v) is 0.620. The first-order chi connectivity index (χ1) is 5.63. The Bertz CT molecular complexity index is 256. The highest BCUT2D eigenvalue weighted by Crippen LogP contribution is 2.07. The molecule has 1 aromatic rings. The van der Waals surface area contributed by atoms with Crippen LogP contribution < -0.4 is 16.5 Å². The van der Waals surface area contributed by atoms with E-state index in [2.05, 4.69) is 15.0 Å². The van der Waals surface area contributed by atoms with Crippen LogP contribution >= 0.6 is 0 Å². The second-order valence-corrected chi connectivity index (χ2v) is 2.03. The minimum Gasteiger partial charge on any atom is -0.368 e. The van der Waals surface area contributed by atoms with Gasteiger partial charge in [0.2, 0.25) is 11.9 Å². The predicted octanol–water partition coefficient (Wildman–Crippen LogP) is -0.966. The van der Waals surface area contributed by atoms with Crippen LogP contribution in [0.4, 0.5) is 17.8 Å². The molecule has 7 heteroatoms. The summed E-state index contributed by atoms with van der Waals surface area (Å²) in [5.74, 6) is 0.422. The molecular formula is C5H10N6O. The smallest absolute Gasteiger partial charge is 0.256 e. The minimum absolute atomic E-state index is 0.0707. The first kappa shape index (κ1) is 8.47. The van der Waals surface area contributed by atoms with Crippen LogP contribution in [0.3, 0.4) is 0 Å². The third kappa shape index (κ3) is 1.70. The Labute approximate surface area is 69.3 Å². The molecule has 0 bridgehead atoms. The SMILES string of the molecule is CON(C)c1nc(N)nc(N)n1. The van der Waals surface area contributed by atoms with E-state index in [1.807, 2.05) is 0 Å². The van der Waals surface area contributed by atoms with Crippen molar-refractivity contribution in [3.8, 4) is 0 Å². The van der Waals surface area contributed by atoms with Gasteiger partial charge in [0.05, 0.1) is 7.11 Å². The molecule has 0 aliphatic rings. The number of hydroxylamine groups is 1. The topological polar surface area (TPSA) is 103 Å². The Kier molecular flexibility index (Phi) is 2.24. The summed E-state index contributed by atoms with van der Waals surface area (Å²) in [6, 6.07) is 0. The highest BCUT2D eigenvalue weighted by molar-refractivity contribution is 5.36. The van der Waals surface area contributed by atoms with Gasteiger partial charge in [-0.05, 0) is 0 Å². The maximum Gasteiger partial charge on any atom is 0.256 e. The summed E-state index contributed by atoms with van der Waals surface area (Å²) in [5, 5.41) is 1.33. The molecule has 0 fully saturated rings. The van der Waals surface area contributed by atoms with Crippen molar-refractivity contribution in [2.45, 2.75) is 0 Å². The molecule has 7 nitrogen and oxygen atoms in total. The molecular weight excluding hydrogens is 160 g/mol. The summed E-state index contributed by atoms with van der Waals surface area (Å²) in [4.78, 5) is 16.0. The fourth-order valence-electron chi connectivity index (χ4n) is 0.620. The highest BCUT2D eigenvalue weighted by atomic mass is 16.7. The van der Waals surface area contributed by atoms with E-state index < -0.39 is 0 Å². The molecule has 1 rings (SSSR count). The van der Waals surface area contributed by atoms with Crippen LogP contribution in [0.5, 0.6) is 0 Å². The Morgan fingerprint density at radius 2 is 1.67 bits per heavy atom. The second-order valence-electron chi connectivity index (χ2n) is 2.03. The molecule has 4 N–H and O–H groups in total. The van der Waals surface area contributed by atoms with Crippen LogP contribution in [-0.4, -0.2) is 29.1 Å². The van der Waals surface area contributed by atoms with Gasteiger partial charge >= 0.3 is 0 Å². The van der Waals surface area contributed by atoms with Gasteiger partial charge in [-0.15, -0.1) is 0 Å². The molecule has 0 spiro atoms. The van der Waals surface area contributed by atoms with E-state index in [0.717, 1.165) is 0 Å². The van der Waals surface area contributed by atoms with Gasteiger partial charge in [0, 0.05) is 7.05 Å². The van der Waals surface area contributed by atoms with Gasteiger partial charge in [0.25, 0.3) is 5.95 Å². The third-order valence-electron chi connectivity index (χ3n) is 1.21. The summed E-state index contributed by atoms with van der Waals surface area (Å²) in [6.07, 6.45) is 0. The summed E-state index contributed by atoms with van der Waals surface area (Å²) < 4.78 is 0. The number of hydrogen-bond acceptors (Lipinski definition) is 7.